The van der Waals surface area contributed by atoms with Crippen molar-refractivity contribution in [3.05, 3.63) is 53.4 Å². The van der Waals surface area contributed by atoms with E-state index >= 15 is 0 Å². The number of aliphatic carboxylic acids is 1. The Kier molecular flexibility index (Phi) is 7.65. The Morgan fingerprint density at radius 2 is 2.24 bits per heavy atom. The van der Waals surface area contributed by atoms with Crippen molar-refractivity contribution in [2.24, 2.45) is 5.16 Å². The van der Waals surface area contributed by atoms with E-state index in [-0.39, 0.29) is 22.4 Å². The van der Waals surface area contributed by atoms with E-state index in [0.29, 0.717) is 22.4 Å². The first-order valence-electron chi connectivity index (χ1n) is 11.0. The number of anilines is 1. The standard InChI is InChI=1S/C22H25N7O6S2/c1-29(2,9-12-6-8-35-10-12)7-4-5-13-11-36-20-15(19(31)28(20)16(13)21(32)33)24-18(30)14(26-34-3)17-25-22(23)37-27-17/h4-6,8,10,15,20H,7,9,11H2,1-3H3,(H3-,23,24,25,27,30,32,33)/b5-4+,26-14-/t15-,20+/m1/s1. The molecule has 2 aliphatic rings. The fraction of sp³-hybridized carbons (Fsp3) is 0.364. The van der Waals surface area contributed by atoms with Crippen LogP contribution in [0.2, 0.25) is 0 Å². The van der Waals surface area contributed by atoms with Crippen molar-refractivity contribution in [3.8, 4) is 0 Å². The molecule has 0 spiro atoms. The van der Waals surface area contributed by atoms with E-state index < -0.39 is 29.2 Å². The molecule has 0 aromatic carbocycles. The molecule has 0 bridgehead atoms. The van der Waals surface area contributed by atoms with Crippen LogP contribution < -0.4 is 16.2 Å². The maximum atomic E-state index is 12.9. The van der Waals surface area contributed by atoms with Crippen LogP contribution in [0.15, 0.2) is 51.6 Å². The first-order chi connectivity index (χ1) is 17.6. The van der Waals surface area contributed by atoms with Gasteiger partial charge in [0, 0.05) is 22.8 Å². The van der Waals surface area contributed by atoms with Crippen molar-refractivity contribution in [1.29, 1.82) is 0 Å². The van der Waals surface area contributed by atoms with Gasteiger partial charge in [0.15, 0.2) is 5.13 Å². The second kappa shape index (κ2) is 10.7. The highest BCUT2D eigenvalue weighted by Crippen LogP contribution is 2.40. The molecule has 2 amide bonds. The maximum absolute atomic E-state index is 12.9. The van der Waals surface area contributed by atoms with Crippen LogP contribution in [0, 0.1) is 0 Å². The molecular formula is C22H25N7O6S2. The largest absolute Gasteiger partial charge is 0.543 e. The number of nitrogens with zero attached hydrogens (tertiary/aromatic N) is 5. The summed E-state index contributed by atoms with van der Waals surface area (Å²) in [4.78, 5) is 47.5. The number of nitrogen functional groups attached to an aromatic ring is 1. The maximum Gasteiger partial charge on any atom is 0.278 e. The molecule has 1 saturated heterocycles. The number of carboxylic acid groups (broad SMARTS) is 1. The summed E-state index contributed by atoms with van der Waals surface area (Å²) < 4.78 is 9.68. The van der Waals surface area contributed by atoms with Gasteiger partial charge in [-0.05, 0) is 17.7 Å². The van der Waals surface area contributed by atoms with Crippen LogP contribution in [-0.2, 0) is 25.8 Å². The number of fused-ring (bicyclic) bond motifs is 1. The zero-order valence-electron chi connectivity index (χ0n) is 20.2. The van der Waals surface area contributed by atoms with Crippen molar-refractivity contribution >= 4 is 51.9 Å². The van der Waals surface area contributed by atoms with Gasteiger partial charge < -0.3 is 34.7 Å². The number of nitrogens with two attached hydrogens (primary N) is 1. The highest BCUT2D eigenvalue weighted by molar-refractivity contribution is 8.00. The number of oxime groups is 1. The quantitative estimate of drug-likeness (QED) is 0.167. The third-order valence-corrected chi connectivity index (χ3v) is 7.48. The van der Waals surface area contributed by atoms with Crippen molar-refractivity contribution in [1.82, 2.24) is 19.6 Å². The number of hydrogen-bond donors (Lipinski definition) is 2. The van der Waals surface area contributed by atoms with Gasteiger partial charge in [-0.3, -0.25) is 14.5 Å². The Bertz CT molecular complexity index is 1280. The average molecular weight is 548 g/mol. The highest BCUT2D eigenvalue weighted by Gasteiger charge is 2.53. The lowest BCUT2D eigenvalue weighted by atomic mass is 10.0. The molecule has 15 heteroatoms. The van der Waals surface area contributed by atoms with Gasteiger partial charge in [0.1, 0.15) is 25.1 Å². The summed E-state index contributed by atoms with van der Waals surface area (Å²) in [7, 11) is 5.33. The summed E-state index contributed by atoms with van der Waals surface area (Å²) in [6.45, 7) is 1.35. The van der Waals surface area contributed by atoms with Gasteiger partial charge in [-0.25, -0.2) is 0 Å². The van der Waals surface area contributed by atoms with E-state index in [9.17, 15) is 19.5 Å². The lowest BCUT2D eigenvalue weighted by Gasteiger charge is -2.50. The number of furan rings is 1. The molecule has 0 saturated carbocycles. The van der Waals surface area contributed by atoms with Gasteiger partial charge in [-0.1, -0.05) is 11.2 Å². The third kappa shape index (κ3) is 5.68. The Hall–Kier alpha value is -3.69. The number of allylic oxidation sites excluding steroid dienone is 1. The molecule has 196 valence electrons. The van der Waals surface area contributed by atoms with Crippen molar-refractivity contribution in [2.75, 3.05) is 39.2 Å². The number of carbonyl (C=O) groups excluding carboxylic acids is 3. The lowest BCUT2D eigenvalue weighted by Crippen LogP contribution is -2.71. The average Bonchev–Trinajstić information content (AvgIpc) is 3.51. The summed E-state index contributed by atoms with van der Waals surface area (Å²) in [6, 6.07) is 0.927. The Labute approximate surface area is 220 Å². The van der Waals surface area contributed by atoms with Crippen molar-refractivity contribution in [2.45, 2.75) is 18.0 Å². The van der Waals surface area contributed by atoms with Crippen LogP contribution in [0.5, 0.6) is 0 Å². The number of thioether (sulfide) groups is 1. The molecule has 2 aromatic rings. The molecular weight excluding hydrogens is 522 g/mol. The topological polar surface area (TPSA) is 176 Å². The SMILES string of the molecule is CO/N=C(\C(=O)N[C@@H]1C(=O)N2C(C(=O)[O-])=C(/C=C/C[N+](C)(C)Cc3ccoc3)CS[C@@H]12)c1nsc(N)n1. The van der Waals surface area contributed by atoms with E-state index in [0.717, 1.165) is 28.5 Å². The molecule has 2 aromatic heterocycles. The molecule has 0 unspecified atom stereocenters. The smallest absolute Gasteiger partial charge is 0.278 e. The van der Waals surface area contributed by atoms with Gasteiger partial charge >= 0.3 is 0 Å². The molecule has 1 fully saturated rings. The second-order valence-corrected chi connectivity index (χ2v) is 10.8. The molecule has 2 aliphatic heterocycles. The minimum atomic E-state index is -1.46. The summed E-state index contributed by atoms with van der Waals surface area (Å²) in [5, 5.41) is 17.7. The fourth-order valence-electron chi connectivity index (χ4n) is 4.00. The second-order valence-electron chi connectivity index (χ2n) is 8.91. The first-order valence-corrected chi connectivity index (χ1v) is 12.8. The summed E-state index contributed by atoms with van der Waals surface area (Å²) in [6.07, 6.45) is 6.90. The van der Waals surface area contributed by atoms with E-state index in [2.05, 4.69) is 19.8 Å². The normalized spacial score (nSPS) is 20.1. The molecule has 37 heavy (non-hydrogen) atoms. The summed E-state index contributed by atoms with van der Waals surface area (Å²) >= 11 is 2.21. The predicted octanol–water partition coefficient (Wildman–Crippen LogP) is -0.699. The zero-order valence-corrected chi connectivity index (χ0v) is 21.9. The molecule has 13 nitrogen and oxygen atoms in total. The van der Waals surface area contributed by atoms with E-state index in [4.69, 9.17) is 15.0 Å². The van der Waals surface area contributed by atoms with Crippen LogP contribution in [0.25, 0.3) is 0 Å². The first kappa shape index (κ1) is 26.4. The number of aromatic nitrogens is 2. The molecule has 4 heterocycles. The van der Waals surface area contributed by atoms with E-state index in [1.165, 1.54) is 18.9 Å². The summed E-state index contributed by atoms with van der Waals surface area (Å²) in [5.74, 6) is -2.51. The highest BCUT2D eigenvalue weighted by atomic mass is 32.2. The molecule has 2 atom stereocenters. The minimum absolute atomic E-state index is 0.0429. The van der Waals surface area contributed by atoms with Gasteiger partial charge in [-0.15, -0.1) is 11.8 Å². The van der Waals surface area contributed by atoms with Gasteiger partial charge in [0.25, 0.3) is 11.8 Å². The predicted molar refractivity (Wildman–Crippen MR) is 133 cm³/mol. The number of likely N-dealkylation sites (N-methyl/N-ethyl adjacent to an activating group) is 1. The zero-order chi connectivity index (χ0) is 26.7. The van der Waals surface area contributed by atoms with Crippen LogP contribution in [0.3, 0.4) is 0 Å². The number of carboxylic acids is 1. The van der Waals surface area contributed by atoms with E-state index in [1.807, 2.05) is 26.2 Å². The number of β-lactam (4-membered cyclic amide) rings is 1. The van der Waals surface area contributed by atoms with Crippen molar-refractivity contribution in [3.63, 3.8) is 0 Å². The van der Waals surface area contributed by atoms with Crippen LogP contribution in [0.4, 0.5) is 5.13 Å². The van der Waals surface area contributed by atoms with Gasteiger partial charge in [0.2, 0.25) is 11.5 Å². The lowest BCUT2D eigenvalue weighted by molar-refractivity contribution is -0.897. The van der Waals surface area contributed by atoms with Gasteiger partial charge in [-0.2, -0.15) is 9.36 Å². The Balaban J connectivity index is 1.46. The molecule has 3 N–H and O–H groups in total. The van der Waals surface area contributed by atoms with Gasteiger partial charge in [0.05, 0.1) is 44.8 Å². The number of carbonyl (C=O) groups is 3. The number of amides is 2. The number of nitrogens with one attached hydrogen (secondary N) is 1. The number of hydrogen-bond acceptors (Lipinski definition) is 12. The minimum Gasteiger partial charge on any atom is -0.543 e. The van der Waals surface area contributed by atoms with Crippen LogP contribution in [0.1, 0.15) is 11.4 Å². The summed E-state index contributed by atoms with van der Waals surface area (Å²) in [5.41, 5.74) is 6.65. The molecule has 4 rings (SSSR count). The van der Waals surface area contributed by atoms with Crippen molar-refractivity contribution < 1.29 is 33.2 Å². The Morgan fingerprint density at radius 3 is 2.86 bits per heavy atom. The third-order valence-electron chi connectivity index (χ3n) is 5.64. The van der Waals surface area contributed by atoms with Crippen LogP contribution in [-0.4, -0.2) is 87.2 Å². The van der Waals surface area contributed by atoms with E-state index in [1.54, 1.807) is 18.6 Å². The van der Waals surface area contributed by atoms with Crippen LogP contribution >= 0.6 is 23.3 Å². The fourth-order valence-corrected chi connectivity index (χ4v) is 5.75. The molecule has 0 radical (unpaired) electrons. The Morgan fingerprint density at radius 1 is 1.46 bits per heavy atom. The number of quaternary nitrogens is 1. The monoisotopic (exact) mass is 547 g/mol. The number of rotatable bonds is 10. The molecule has 0 aliphatic carbocycles.